The lowest BCUT2D eigenvalue weighted by atomic mass is 10.2. The molecule has 128 valence electrons. The third-order valence-electron chi connectivity index (χ3n) is 3.94. The Morgan fingerprint density at radius 3 is 2.00 bits per heavy atom. The Morgan fingerprint density at radius 2 is 1.50 bits per heavy atom. The monoisotopic (exact) mass is 430 g/mol. The molecule has 5 nitrogen and oxygen atoms in total. The maximum atomic E-state index is 13.0. The van der Waals surface area contributed by atoms with E-state index < -0.39 is 30.0 Å². The molecule has 0 radical (unpaired) electrons. The maximum absolute atomic E-state index is 13.0. The number of benzene rings is 2. The Bertz CT molecular complexity index is 980. The first kappa shape index (κ1) is 17.6. The lowest BCUT2D eigenvalue weighted by Crippen LogP contribution is -2.34. The molecule has 1 aliphatic rings. The number of halogens is 1. The summed E-state index contributed by atoms with van der Waals surface area (Å²) in [5.74, 6) is 0. The van der Waals surface area contributed by atoms with E-state index in [-0.39, 0.29) is 4.90 Å². The van der Waals surface area contributed by atoms with E-state index in [4.69, 9.17) is 4.74 Å². The lowest BCUT2D eigenvalue weighted by molar-refractivity contribution is 0.380. The second-order valence-corrected chi connectivity index (χ2v) is 11.2. The van der Waals surface area contributed by atoms with Crippen molar-refractivity contribution in [3.05, 3.63) is 64.1 Å². The van der Waals surface area contributed by atoms with Gasteiger partial charge in [-0.25, -0.2) is 16.8 Å². The van der Waals surface area contributed by atoms with Gasteiger partial charge in [-0.2, -0.15) is 0 Å². The second kappa shape index (κ2) is 5.66. The molecule has 2 aromatic rings. The highest BCUT2D eigenvalue weighted by molar-refractivity contribution is 9.10. The molecule has 0 aliphatic carbocycles. The van der Waals surface area contributed by atoms with Gasteiger partial charge in [-0.1, -0.05) is 45.8 Å². The fraction of sp³-hybridized carbons (Fsp3) is 0.250. The fourth-order valence-corrected chi connectivity index (χ4v) is 7.01. The van der Waals surface area contributed by atoms with Gasteiger partial charge in [0.05, 0.1) is 4.90 Å². The van der Waals surface area contributed by atoms with Gasteiger partial charge in [-0.15, -0.1) is 0 Å². The van der Waals surface area contributed by atoms with Gasteiger partial charge in [-0.05, 0) is 36.8 Å². The van der Waals surface area contributed by atoms with E-state index in [1.54, 1.807) is 36.4 Å². The van der Waals surface area contributed by atoms with Crippen molar-refractivity contribution < 1.29 is 21.6 Å². The minimum Gasteiger partial charge on any atom is -0.331 e. The predicted octanol–water partition coefficient (Wildman–Crippen LogP) is 3.00. The molecule has 1 saturated heterocycles. The van der Waals surface area contributed by atoms with E-state index in [0.717, 1.165) is 16.3 Å². The topological polar surface area (TPSA) is 80.8 Å². The molecule has 24 heavy (non-hydrogen) atoms. The summed E-state index contributed by atoms with van der Waals surface area (Å²) < 4.78 is 54.6. The standard InChI is InChI=1S/C16H15BrO5S2/c1-11-3-9-14(10-4-11)24(20,21)16(23(2,18)19)15(22-16)12-5-7-13(17)8-6-12/h3-10,15H,1-2H3/t15-,16-/m0/s1. The van der Waals surface area contributed by atoms with E-state index in [1.165, 1.54) is 12.1 Å². The molecular formula is C16H15BrO5S2. The molecule has 0 saturated carbocycles. The summed E-state index contributed by atoms with van der Waals surface area (Å²) in [6.07, 6.45) is -0.163. The highest BCUT2D eigenvalue weighted by Crippen LogP contribution is 2.58. The van der Waals surface area contributed by atoms with Crippen LogP contribution in [0.15, 0.2) is 57.9 Å². The largest absolute Gasteiger partial charge is 0.331 e. The van der Waals surface area contributed by atoms with Crippen LogP contribution in [0.25, 0.3) is 0 Å². The molecule has 8 heteroatoms. The summed E-state index contributed by atoms with van der Waals surface area (Å²) in [5, 5.41) is 0. The van der Waals surface area contributed by atoms with Crippen molar-refractivity contribution in [1.29, 1.82) is 0 Å². The number of aryl methyl sites for hydroxylation is 1. The van der Waals surface area contributed by atoms with Gasteiger partial charge in [0.15, 0.2) is 9.84 Å². The molecule has 0 bridgehead atoms. The third-order valence-corrected chi connectivity index (χ3v) is 9.33. The summed E-state index contributed by atoms with van der Waals surface area (Å²) in [5.41, 5.74) is 1.38. The normalized spacial score (nSPS) is 23.9. The van der Waals surface area contributed by atoms with E-state index in [2.05, 4.69) is 15.9 Å². The van der Waals surface area contributed by atoms with Crippen LogP contribution >= 0.6 is 15.9 Å². The number of ether oxygens (including phenoxy) is 1. The van der Waals surface area contributed by atoms with E-state index in [9.17, 15) is 16.8 Å². The quantitative estimate of drug-likeness (QED) is 0.696. The number of hydrogen-bond acceptors (Lipinski definition) is 5. The highest BCUT2D eigenvalue weighted by atomic mass is 79.9. The molecule has 0 spiro atoms. The molecular weight excluding hydrogens is 416 g/mol. The minimum absolute atomic E-state index is 0.0712. The number of rotatable bonds is 4. The molecule has 0 unspecified atom stereocenters. The molecule has 1 fully saturated rings. The van der Waals surface area contributed by atoms with Gasteiger partial charge in [0, 0.05) is 10.7 Å². The predicted molar refractivity (Wildman–Crippen MR) is 93.9 cm³/mol. The zero-order chi connectivity index (χ0) is 17.8. The van der Waals surface area contributed by atoms with E-state index in [1.807, 2.05) is 6.92 Å². The van der Waals surface area contributed by atoms with Crippen molar-refractivity contribution in [1.82, 2.24) is 0 Å². The molecule has 0 N–H and O–H groups in total. The van der Waals surface area contributed by atoms with Crippen LogP contribution < -0.4 is 0 Å². The first-order valence-corrected chi connectivity index (χ1v) is 11.2. The van der Waals surface area contributed by atoms with Crippen molar-refractivity contribution in [2.45, 2.75) is 22.2 Å². The Morgan fingerprint density at radius 1 is 0.958 bits per heavy atom. The van der Waals surface area contributed by atoms with Crippen LogP contribution in [0.2, 0.25) is 0 Å². The zero-order valence-corrected chi connectivity index (χ0v) is 16.2. The lowest BCUT2D eigenvalue weighted by Gasteiger charge is -2.13. The average molecular weight is 431 g/mol. The van der Waals surface area contributed by atoms with E-state index >= 15 is 0 Å². The summed E-state index contributed by atoms with van der Waals surface area (Å²) in [7, 11) is -8.27. The van der Waals surface area contributed by atoms with Crippen molar-refractivity contribution in [2.75, 3.05) is 6.26 Å². The summed E-state index contributed by atoms with van der Waals surface area (Å²) in [6.45, 7) is 1.82. The smallest absolute Gasteiger partial charge is 0.306 e. The molecule has 1 aliphatic heterocycles. The van der Waals surface area contributed by atoms with Gasteiger partial charge >= 0.3 is 4.27 Å². The molecule has 2 atom stereocenters. The first-order chi connectivity index (χ1) is 11.1. The Kier molecular flexibility index (Phi) is 4.15. The Balaban J connectivity index is 2.13. The molecule has 0 aromatic heterocycles. The summed E-state index contributed by atoms with van der Waals surface area (Å²) in [4.78, 5) is -0.0712. The highest BCUT2D eigenvalue weighted by Gasteiger charge is 2.74. The summed E-state index contributed by atoms with van der Waals surface area (Å²) >= 11 is 3.29. The SMILES string of the molecule is Cc1ccc(S(=O)(=O)[C@]2(S(C)(=O)=O)O[C@H]2c2ccc(Br)cc2)cc1. The zero-order valence-electron chi connectivity index (χ0n) is 12.9. The first-order valence-electron chi connectivity index (χ1n) is 7.04. The van der Waals surface area contributed by atoms with Gasteiger partial charge < -0.3 is 4.74 Å². The van der Waals surface area contributed by atoms with Crippen LogP contribution in [0.5, 0.6) is 0 Å². The van der Waals surface area contributed by atoms with Crippen LogP contribution in [0, 0.1) is 6.92 Å². The summed E-state index contributed by atoms with van der Waals surface area (Å²) in [6, 6.07) is 12.8. The van der Waals surface area contributed by atoms with E-state index in [0.29, 0.717) is 5.56 Å². The van der Waals surface area contributed by atoms with Gasteiger partial charge in [0.2, 0.25) is 9.84 Å². The number of sulfone groups is 2. The van der Waals surface area contributed by atoms with Gasteiger partial charge in [0.1, 0.15) is 6.10 Å². The average Bonchev–Trinajstić information content (AvgIpc) is 3.26. The second-order valence-electron chi connectivity index (χ2n) is 5.74. The molecule has 2 aromatic carbocycles. The fourth-order valence-electron chi connectivity index (χ4n) is 2.61. The Hall–Kier alpha value is -1.22. The van der Waals surface area contributed by atoms with Crippen molar-refractivity contribution in [2.24, 2.45) is 0 Å². The Labute approximate surface area is 149 Å². The number of hydrogen-bond donors (Lipinski definition) is 0. The van der Waals surface area contributed by atoms with Crippen LogP contribution in [0.3, 0.4) is 0 Å². The van der Waals surface area contributed by atoms with Gasteiger partial charge in [-0.3, -0.25) is 0 Å². The van der Waals surface area contributed by atoms with Crippen molar-refractivity contribution in [3.63, 3.8) is 0 Å². The van der Waals surface area contributed by atoms with Crippen LogP contribution in [-0.2, 0) is 24.4 Å². The van der Waals surface area contributed by atoms with Crippen molar-refractivity contribution >= 4 is 35.6 Å². The molecule has 0 amide bonds. The maximum Gasteiger partial charge on any atom is 0.306 e. The third kappa shape index (κ3) is 2.61. The van der Waals surface area contributed by atoms with Crippen molar-refractivity contribution in [3.8, 4) is 0 Å². The molecule has 3 rings (SSSR count). The molecule has 1 heterocycles. The van der Waals surface area contributed by atoms with Crippen LogP contribution in [-0.4, -0.2) is 27.4 Å². The number of epoxide rings is 1. The van der Waals surface area contributed by atoms with Crippen LogP contribution in [0.1, 0.15) is 17.2 Å². The van der Waals surface area contributed by atoms with Gasteiger partial charge in [0.25, 0.3) is 0 Å². The van der Waals surface area contributed by atoms with Crippen LogP contribution in [0.4, 0.5) is 0 Å². The minimum atomic E-state index is -4.23.